The molecule has 1 aromatic carbocycles. The minimum atomic E-state index is 0.164. The van der Waals surface area contributed by atoms with E-state index in [1.807, 2.05) is 37.3 Å². The van der Waals surface area contributed by atoms with E-state index in [0.717, 1.165) is 16.5 Å². The summed E-state index contributed by atoms with van der Waals surface area (Å²) in [5.41, 5.74) is 2.11. The van der Waals surface area contributed by atoms with Crippen LogP contribution in [0.25, 0.3) is 21.8 Å². The number of aromatic hydroxyl groups is 1. The van der Waals surface area contributed by atoms with Crippen LogP contribution in [0.3, 0.4) is 0 Å². The SMILES string of the molecule is Cc1ccc2cc3cccnc3c(O)c2n1. The topological polar surface area (TPSA) is 46.0 Å². The maximum absolute atomic E-state index is 10.1. The maximum atomic E-state index is 10.1. The Balaban J connectivity index is 2.56. The summed E-state index contributed by atoms with van der Waals surface area (Å²) in [4.78, 5) is 8.51. The largest absolute Gasteiger partial charge is 0.504 e. The van der Waals surface area contributed by atoms with Crippen molar-refractivity contribution in [1.82, 2.24) is 9.97 Å². The molecular weight excluding hydrogens is 200 g/mol. The lowest BCUT2D eigenvalue weighted by Gasteiger charge is -2.05. The van der Waals surface area contributed by atoms with E-state index in [4.69, 9.17) is 0 Å². The highest BCUT2D eigenvalue weighted by atomic mass is 16.3. The predicted molar refractivity (Wildman–Crippen MR) is 63.4 cm³/mol. The molecule has 3 aromatic rings. The van der Waals surface area contributed by atoms with Gasteiger partial charge >= 0.3 is 0 Å². The number of phenolic OH excluding ortho intramolecular Hbond substituents is 1. The lowest BCUT2D eigenvalue weighted by Crippen LogP contribution is -1.86. The number of benzene rings is 1. The zero-order chi connectivity index (χ0) is 11.1. The Labute approximate surface area is 92.4 Å². The van der Waals surface area contributed by atoms with Crippen LogP contribution < -0.4 is 0 Å². The fraction of sp³-hybridized carbons (Fsp3) is 0.0769. The van der Waals surface area contributed by atoms with Gasteiger partial charge < -0.3 is 5.11 Å². The zero-order valence-corrected chi connectivity index (χ0v) is 8.81. The minimum Gasteiger partial charge on any atom is -0.504 e. The van der Waals surface area contributed by atoms with Crippen molar-refractivity contribution in [3.63, 3.8) is 0 Å². The summed E-state index contributed by atoms with van der Waals surface area (Å²) in [6.07, 6.45) is 1.67. The molecule has 2 heterocycles. The van der Waals surface area contributed by atoms with Crippen LogP contribution in [0, 0.1) is 6.92 Å². The van der Waals surface area contributed by atoms with Crippen LogP contribution >= 0.6 is 0 Å². The van der Waals surface area contributed by atoms with Crippen molar-refractivity contribution >= 4 is 21.8 Å². The van der Waals surface area contributed by atoms with E-state index < -0.39 is 0 Å². The highest BCUT2D eigenvalue weighted by Crippen LogP contribution is 2.30. The molecule has 0 aliphatic carbocycles. The molecule has 1 N–H and O–H groups in total. The van der Waals surface area contributed by atoms with E-state index in [9.17, 15) is 5.11 Å². The summed E-state index contributed by atoms with van der Waals surface area (Å²) in [7, 11) is 0. The minimum absolute atomic E-state index is 0.164. The second-order valence-electron chi connectivity index (χ2n) is 3.82. The number of pyridine rings is 2. The van der Waals surface area contributed by atoms with Gasteiger partial charge in [-0.25, -0.2) is 4.98 Å². The van der Waals surface area contributed by atoms with Gasteiger partial charge in [-0.2, -0.15) is 0 Å². The summed E-state index contributed by atoms with van der Waals surface area (Å²) < 4.78 is 0. The van der Waals surface area contributed by atoms with Crippen molar-refractivity contribution in [2.45, 2.75) is 6.92 Å². The van der Waals surface area contributed by atoms with E-state index in [-0.39, 0.29) is 5.75 Å². The highest BCUT2D eigenvalue weighted by Gasteiger charge is 2.08. The van der Waals surface area contributed by atoms with E-state index in [0.29, 0.717) is 11.0 Å². The smallest absolute Gasteiger partial charge is 0.168 e. The van der Waals surface area contributed by atoms with Gasteiger partial charge in [0, 0.05) is 22.7 Å². The molecule has 3 nitrogen and oxygen atoms in total. The molecule has 0 saturated heterocycles. The molecule has 0 fully saturated rings. The molecule has 0 aliphatic rings. The second-order valence-corrected chi connectivity index (χ2v) is 3.82. The summed E-state index contributed by atoms with van der Waals surface area (Å²) in [5, 5.41) is 12.0. The fourth-order valence-corrected chi connectivity index (χ4v) is 1.89. The Morgan fingerprint density at radius 1 is 1.06 bits per heavy atom. The Morgan fingerprint density at radius 3 is 2.75 bits per heavy atom. The van der Waals surface area contributed by atoms with Crippen molar-refractivity contribution in [3.8, 4) is 5.75 Å². The first-order valence-corrected chi connectivity index (χ1v) is 5.10. The van der Waals surface area contributed by atoms with Crippen LogP contribution in [-0.4, -0.2) is 15.1 Å². The van der Waals surface area contributed by atoms with Gasteiger partial charge in [-0.3, -0.25) is 4.98 Å². The number of aromatic nitrogens is 2. The van der Waals surface area contributed by atoms with E-state index in [1.165, 1.54) is 0 Å². The Bertz CT molecular complexity index is 692. The first kappa shape index (κ1) is 9.09. The van der Waals surface area contributed by atoms with Crippen LogP contribution in [0.2, 0.25) is 0 Å². The number of hydrogen-bond acceptors (Lipinski definition) is 3. The highest BCUT2D eigenvalue weighted by molar-refractivity contribution is 6.01. The van der Waals surface area contributed by atoms with Crippen molar-refractivity contribution < 1.29 is 5.11 Å². The predicted octanol–water partition coefficient (Wildman–Crippen LogP) is 2.80. The first-order valence-electron chi connectivity index (χ1n) is 5.10. The van der Waals surface area contributed by atoms with E-state index in [1.54, 1.807) is 6.20 Å². The Kier molecular flexibility index (Phi) is 1.80. The van der Waals surface area contributed by atoms with Crippen molar-refractivity contribution in [2.75, 3.05) is 0 Å². The fourth-order valence-electron chi connectivity index (χ4n) is 1.89. The van der Waals surface area contributed by atoms with Crippen molar-refractivity contribution in [2.24, 2.45) is 0 Å². The Hall–Kier alpha value is -2.16. The number of nitrogens with zero attached hydrogens (tertiary/aromatic N) is 2. The lowest BCUT2D eigenvalue weighted by atomic mass is 10.1. The van der Waals surface area contributed by atoms with Crippen LogP contribution in [0.4, 0.5) is 0 Å². The van der Waals surface area contributed by atoms with Crippen molar-refractivity contribution in [1.29, 1.82) is 0 Å². The zero-order valence-electron chi connectivity index (χ0n) is 8.81. The first-order chi connectivity index (χ1) is 7.75. The number of hydrogen-bond donors (Lipinski definition) is 1. The van der Waals surface area contributed by atoms with Gasteiger partial charge in [-0.05, 0) is 25.1 Å². The Morgan fingerprint density at radius 2 is 1.88 bits per heavy atom. The molecule has 2 aromatic heterocycles. The lowest BCUT2D eigenvalue weighted by molar-refractivity contribution is 0.485. The number of rotatable bonds is 0. The summed E-state index contributed by atoms with van der Waals surface area (Å²) in [5.74, 6) is 0.164. The van der Waals surface area contributed by atoms with Gasteiger partial charge in [0.25, 0.3) is 0 Å². The standard InChI is InChI=1S/C13H10N2O/c1-8-4-5-10-7-9-3-2-6-14-11(9)13(16)12(10)15-8/h2-7,16H,1H3. The molecule has 0 amide bonds. The number of aryl methyl sites for hydroxylation is 1. The third kappa shape index (κ3) is 1.21. The van der Waals surface area contributed by atoms with Gasteiger partial charge in [0.05, 0.1) is 0 Å². The molecule has 0 bridgehead atoms. The molecule has 16 heavy (non-hydrogen) atoms. The molecule has 0 aliphatic heterocycles. The number of fused-ring (bicyclic) bond motifs is 2. The second kappa shape index (κ2) is 3.17. The number of phenols is 1. The van der Waals surface area contributed by atoms with E-state index >= 15 is 0 Å². The summed E-state index contributed by atoms with van der Waals surface area (Å²) in [6, 6.07) is 9.67. The molecule has 0 saturated carbocycles. The van der Waals surface area contributed by atoms with Gasteiger partial charge in [0.1, 0.15) is 11.0 Å². The van der Waals surface area contributed by atoms with Crippen LogP contribution in [0.5, 0.6) is 5.75 Å². The molecule has 0 unspecified atom stereocenters. The normalized spacial score (nSPS) is 11.1. The molecule has 0 spiro atoms. The average Bonchev–Trinajstić information content (AvgIpc) is 2.31. The molecule has 0 atom stereocenters. The quantitative estimate of drug-likeness (QED) is 0.580. The summed E-state index contributed by atoms with van der Waals surface area (Å²) >= 11 is 0. The van der Waals surface area contributed by atoms with Crippen LogP contribution in [0.15, 0.2) is 36.5 Å². The molecule has 0 radical (unpaired) electrons. The third-order valence-electron chi connectivity index (χ3n) is 2.66. The average molecular weight is 210 g/mol. The van der Waals surface area contributed by atoms with Gasteiger partial charge in [0.15, 0.2) is 5.75 Å². The van der Waals surface area contributed by atoms with Crippen molar-refractivity contribution in [3.05, 3.63) is 42.2 Å². The molecule has 3 rings (SSSR count). The van der Waals surface area contributed by atoms with Gasteiger partial charge in [-0.15, -0.1) is 0 Å². The van der Waals surface area contributed by atoms with Gasteiger partial charge in [-0.1, -0.05) is 12.1 Å². The van der Waals surface area contributed by atoms with Gasteiger partial charge in [0.2, 0.25) is 0 Å². The van der Waals surface area contributed by atoms with Crippen LogP contribution in [-0.2, 0) is 0 Å². The maximum Gasteiger partial charge on any atom is 0.168 e. The third-order valence-corrected chi connectivity index (χ3v) is 2.66. The molecule has 78 valence electrons. The monoisotopic (exact) mass is 210 g/mol. The van der Waals surface area contributed by atoms with E-state index in [2.05, 4.69) is 9.97 Å². The van der Waals surface area contributed by atoms with Crippen LogP contribution in [0.1, 0.15) is 5.69 Å². The molecule has 3 heteroatoms. The summed E-state index contributed by atoms with van der Waals surface area (Å²) in [6.45, 7) is 1.90. The molecular formula is C13H10N2O.